The smallest absolute Gasteiger partial charge is 0.340 e. The fraction of sp³-hybridized carbons (Fsp3) is 0.333. The highest BCUT2D eigenvalue weighted by molar-refractivity contribution is 7.99. The van der Waals surface area contributed by atoms with Crippen molar-refractivity contribution in [2.24, 2.45) is 0 Å². The summed E-state index contributed by atoms with van der Waals surface area (Å²) in [5.41, 5.74) is 2.72. The number of thioether (sulfide) groups is 1. The number of carbonyl (C=O) groups is 2. The first kappa shape index (κ1) is 25.5. The molecule has 3 rings (SSSR count). The average Bonchev–Trinajstić information content (AvgIpc) is 3.41. The first-order valence-electron chi connectivity index (χ1n) is 10.7. The number of aryl methyl sites for hydroxylation is 3. The summed E-state index contributed by atoms with van der Waals surface area (Å²) < 4.78 is 12.6. The average molecular weight is 501 g/mol. The van der Waals surface area contributed by atoms with Crippen molar-refractivity contribution in [2.45, 2.75) is 45.5 Å². The van der Waals surface area contributed by atoms with E-state index in [-0.39, 0.29) is 18.3 Å². The van der Waals surface area contributed by atoms with Crippen molar-refractivity contribution < 1.29 is 19.1 Å². The molecule has 1 amide bonds. The summed E-state index contributed by atoms with van der Waals surface area (Å²) in [6, 6.07) is 7.68. The summed E-state index contributed by atoms with van der Waals surface area (Å²) in [5, 5.41) is 12.4. The van der Waals surface area contributed by atoms with Gasteiger partial charge in [-0.1, -0.05) is 30.8 Å². The highest BCUT2D eigenvalue weighted by Gasteiger charge is 2.19. The van der Waals surface area contributed by atoms with Crippen molar-refractivity contribution in [3.8, 4) is 5.75 Å². The summed E-state index contributed by atoms with van der Waals surface area (Å²) in [6.45, 7) is 10.6. The van der Waals surface area contributed by atoms with Crippen molar-refractivity contribution >= 4 is 40.0 Å². The zero-order valence-corrected chi connectivity index (χ0v) is 21.3. The predicted molar refractivity (Wildman–Crippen MR) is 135 cm³/mol. The number of carbonyl (C=O) groups excluding carboxylic acids is 2. The molecule has 2 aromatic heterocycles. The molecule has 1 aromatic carbocycles. The number of rotatable bonds is 11. The summed E-state index contributed by atoms with van der Waals surface area (Å²) in [6.07, 6.45) is 2.50. The Kier molecular flexibility index (Phi) is 8.89. The molecule has 2 heterocycles. The first-order chi connectivity index (χ1) is 16.4. The third kappa shape index (κ3) is 6.27. The minimum atomic E-state index is -0.474. The molecule has 0 atom stereocenters. The van der Waals surface area contributed by atoms with Crippen LogP contribution < -0.4 is 10.1 Å². The molecular formula is C24H28N4O4S2. The molecule has 34 heavy (non-hydrogen) atoms. The lowest BCUT2D eigenvalue weighted by molar-refractivity contribution is -0.113. The molecule has 0 aliphatic heterocycles. The Bertz CT molecular complexity index is 1190. The Balaban J connectivity index is 1.65. The number of nitrogens with zero attached hydrogens (tertiary/aromatic N) is 3. The number of allylic oxidation sites excluding steroid dienone is 1. The Morgan fingerprint density at radius 2 is 2.03 bits per heavy atom. The monoisotopic (exact) mass is 500 g/mol. The molecule has 0 unspecified atom stereocenters. The van der Waals surface area contributed by atoms with Crippen LogP contribution in [0.5, 0.6) is 5.75 Å². The normalized spacial score (nSPS) is 10.7. The second kappa shape index (κ2) is 11.8. The molecule has 0 spiro atoms. The molecule has 0 aliphatic rings. The third-order valence-electron chi connectivity index (χ3n) is 5.07. The number of hydrogen-bond donors (Lipinski definition) is 1. The van der Waals surface area contributed by atoms with Crippen molar-refractivity contribution in [1.29, 1.82) is 0 Å². The van der Waals surface area contributed by atoms with Gasteiger partial charge in [-0.2, -0.15) is 0 Å². The Hall–Kier alpha value is -3.11. The van der Waals surface area contributed by atoms with E-state index in [1.165, 1.54) is 35.8 Å². The van der Waals surface area contributed by atoms with Gasteiger partial charge in [-0.05, 0) is 49.6 Å². The van der Waals surface area contributed by atoms with Crippen molar-refractivity contribution in [3.63, 3.8) is 0 Å². The molecule has 0 saturated heterocycles. The lowest BCUT2D eigenvalue weighted by Gasteiger charge is -2.10. The van der Waals surface area contributed by atoms with Crippen molar-refractivity contribution in [3.05, 3.63) is 64.3 Å². The van der Waals surface area contributed by atoms with E-state index in [2.05, 4.69) is 29.0 Å². The fourth-order valence-electron chi connectivity index (χ4n) is 3.06. The molecule has 0 bridgehead atoms. The van der Waals surface area contributed by atoms with Crippen LogP contribution in [0.4, 0.5) is 5.00 Å². The summed E-state index contributed by atoms with van der Waals surface area (Å²) in [7, 11) is 1.32. The van der Waals surface area contributed by atoms with Crippen LogP contribution in [0, 0.1) is 13.8 Å². The van der Waals surface area contributed by atoms with Crippen LogP contribution >= 0.6 is 23.1 Å². The number of anilines is 1. The summed E-state index contributed by atoms with van der Waals surface area (Å²) in [4.78, 5) is 25.6. The van der Waals surface area contributed by atoms with E-state index in [4.69, 9.17) is 9.47 Å². The minimum Gasteiger partial charge on any atom is -0.486 e. The zero-order valence-electron chi connectivity index (χ0n) is 19.7. The van der Waals surface area contributed by atoms with E-state index >= 15 is 0 Å². The zero-order chi connectivity index (χ0) is 24.7. The Morgan fingerprint density at radius 1 is 1.24 bits per heavy atom. The lowest BCUT2D eigenvalue weighted by Crippen LogP contribution is -2.16. The molecule has 180 valence electrons. The van der Waals surface area contributed by atoms with Crippen LogP contribution in [-0.4, -0.2) is 39.5 Å². The SMILES string of the molecule is C=CCn1c(COc2ccc(C)c(C)c2)nnc1SCC(=O)Nc1sc(CC)cc1C(=O)OC. The molecule has 1 N–H and O–H groups in total. The maximum Gasteiger partial charge on any atom is 0.340 e. The van der Waals surface area contributed by atoms with Crippen LogP contribution in [0.15, 0.2) is 42.1 Å². The number of ether oxygens (including phenoxy) is 2. The van der Waals surface area contributed by atoms with E-state index in [9.17, 15) is 9.59 Å². The second-order valence-electron chi connectivity index (χ2n) is 7.47. The van der Waals surface area contributed by atoms with E-state index in [1.807, 2.05) is 36.6 Å². The van der Waals surface area contributed by atoms with Gasteiger partial charge in [-0.15, -0.1) is 28.1 Å². The van der Waals surface area contributed by atoms with Gasteiger partial charge in [0.05, 0.1) is 18.4 Å². The van der Waals surface area contributed by atoms with E-state index in [1.54, 1.807) is 12.1 Å². The van der Waals surface area contributed by atoms with Gasteiger partial charge in [-0.3, -0.25) is 9.36 Å². The number of amides is 1. The number of esters is 1. The molecular weight excluding hydrogens is 472 g/mol. The standard InChI is InChI=1S/C24H28N4O4S2/c1-6-10-28-20(13-32-17-9-8-15(3)16(4)11-17)26-27-24(28)33-14-21(29)25-22-19(23(30)31-5)12-18(7-2)34-22/h6,8-9,11-12H,1,7,10,13-14H2,2-5H3,(H,25,29). The van der Waals surface area contributed by atoms with E-state index in [0.717, 1.165) is 22.6 Å². The summed E-state index contributed by atoms with van der Waals surface area (Å²) >= 11 is 2.63. The molecule has 3 aromatic rings. The highest BCUT2D eigenvalue weighted by Crippen LogP contribution is 2.30. The number of hydrogen-bond acceptors (Lipinski definition) is 8. The Labute approximate surface area is 207 Å². The minimum absolute atomic E-state index is 0.104. The van der Waals surface area contributed by atoms with Crippen LogP contribution in [0.25, 0.3) is 0 Å². The van der Waals surface area contributed by atoms with Crippen LogP contribution in [0.3, 0.4) is 0 Å². The number of thiophene rings is 1. The number of nitrogens with one attached hydrogen (secondary N) is 1. The van der Waals surface area contributed by atoms with Gasteiger partial charge in [-0.25, -0.2) is 4.79 Å². The van der Waals surface area contributed by atoms with Gasteiger partial charge in [0.2, 0.25) is 5.91 Å². The van der Waals surface area contributed by atoms with Crippen LogP contribution in [-0.2, 0) is 29.1 Å². The largest absolute Gasteiger partial charge is 0.486 e. The first-order valence-corrected chi connectivity index (χ1v) is 12.5. The maximum absolute atomic E-state index is 12.6. The Morgan fingerprint density at radius 3 is 2.71 bits per heavy atom. The van der Waals surface area contributed by atoms with Crippen molar-refractivity contribution in [1.82, 2.24) is 14.8 Å². The lowest BCUT2D eigenvalue weighted by atomic mass is 10.1. The molecule has 8 nitrogen and oxygen atoms in total. The molecule has 0 fully saturated rings. The van der Waals surface area contributed by atoms with Gasteiger partial charge >= 0.3 is 5.97 Å². The highest BCUT2D eigenvalue weighted by atomic mass is 32.2. The predicted octanol–water partition coefficient (Wildman–Crippen LogP) is 4.80. The summed E-state index contributed by atoms with van der Waals surface area (Å²) in [5.74, 6) is 0.778. The quantitative estimate of drug-likeness (QED) is 0.229. The van der Waals surface area contributed by atoms with Gasteiger partial charge in [0.25, 0.3) is 0 Å². The fourth-order valence-corrected chi connectivity index (χ4v) is 4.83. The van der Waals surface area contributed by atoms with Gasteiger partial charge in [0.15, 0.2) is 11.0 Å². The van der Waals surface area contributed by atoms with Crippen LogP contribution in [0.1, 0.15) is 39.1 Å². The van der Waals surface area contributed by atoms with Gasteiger partial charge < -0.3 is 14.8 Å². The second-order valence-corrected chi connectivity index (χ2v) is 9.55. The molecule has 10 heteroatoms. The van der Waals surface area contributed by atoms with Gasteiger partial charge in [0, 0.05) is 11.4 Å². The van der Waals surface area contributed by atoms with E-state index in [0.29, 0.717) is 28.1 Å². The number of aromatic nitrogens is 3. The third-order valence-corrected chi connectivity index (χ3v) is 7.24. The topological polar surface area (TPSA) is 95.3 Å². The maximum atomic E-state index is 12.6. The van der Waals surface area contributed by atoms with Gasteiger partial charge in [0.1, 0.15) is 17.4 Å². The molecule has 0 aliphatic carbocycles. The van der Waals surface area contributed by atoms with Crippen molar-refractivity contribution in [2.75, 3.05) is 18.2 Å². The van der Waals surface area contributed by atoms with E-state index < -0.39 is 5.97 Å². The molecule has 0 saturated carbocycles. The van der Waals surface area contributed by atoms with Crippen LogP contribution in [0.2, 0.25) is 0 Å². The number of benzene rings is 1. The number of methoxy groups -OCH3 is 1. The molecule has 0 radical (unpaired) electrons.